The minimum atomic E-state index is -0.550. The molecule has 43 heavy (non-hydrogen) atoms. The van der Waals surface area contributed by atoms with Gasteiger partial charge in [-0.1, -0.05) is 30.7 Å². The third-order valence-electron chi connectivity index (χ3n) is 9.04. The summed E-state index contributed by atoms with van der Waals surface area (Å²) in [4.78, 5) is 37.9. The Hall–Kier alpha value is -3.51. The van der Waals surface area contributed by atoms with Crippen molar-refractivity contribution in [2.45, 2.75) is 89.9 Å². The van der Waals surface area contributed by atoms with Crippen molar-refractivity contribution in [3.8, 4) is 0 Å². The van der Waals surface area contributed by atoms with E-state index in [0.29, 0.717) is 32.0 Å². The third kappa shape index (κ3) is 6.26. The van der Waals surface area contributed by atoms with Gasteiger partial charge in [-0.05, 0) is 72.3 Å². The maximum Gasteiger partial charge on any atom is 0.494 e. The Labute approximate surface area is 254 Å². The summed E-state index contributed by atoms with van der Waals surface area (Å²) in [5, 5.41) is 11.7. The number of anilines is 1. The quantitative estimate of drug-likeness (QED) is 0.307. The van der Waals surface area contributed by atoms with Crippen LogP contribution in [-0.4, -0.2) is 82.8 Å². The van der Waals surface area contributed by atoms with Crippen molar-refractivity contribution in [1.29, 1.82) is 5.41 Å². The molecule has 0 radical (unpaired) electrons. The van der Waals surface area contributed by atoms with Gasteiger partial charge < -0.3 is 29.2 Å². The second-order valence-electron chi connectivity index (χ2n) is 13.7. The Balaban J connectivity index is 1.18. The third-order valence-corrected chi connectivity index (χ3v) is 9.04. The lowest BCUT2D eigenvalue weighted by molar-refractivity contribution is 0.00578. The van der Waals surface area contributed by atoms with Gasteiger partial charge in [0.1, 0.15) is 22.9 Å². The van der Waals surface area contributed by atoms with Crippen LogP contribution in [-0.2, 0) is 19.5 Å². The van der Waals surface area contributed by atoms with E-state index in [0.717, 1.165) is 30.3 Å². The van der Waals surface area contributed by atoms with Crippen molar-refractivity contribution in [1.82, 2.24) is 20.2 Å². The fourth-order valence-corrected chi connectivity index (χ4v) is 5.50. The summed E-state index contributed by atoms with van der Waals surface area (Å²) in [7, 11) is -0.453. The Morgan fingerprint density at radius 3 is 2.05 bits per heavy atom. The zero-order chi connectivity index (χ0) is 31.2. The molecule has 2 N–H and O–H groups in total. The fraction of sp³-hybridized carbons (Fsp3) is 0.581. The summed E-state index contributed by atoms with van der Waals surface area (Å²) in [5.41, 5.74) is 0.123. The van der Waals surface area contributed by atoms with E-state index in [1.54, 1.807) is 11.1 Å². The molecule has 2 aromatic rings. The molecule has 11 nitrogen and oxygen atoms in total. The van der Waals surface area contributed by atoms with Crippen LogP contribution in [0.1, 0.15) is 83.8 Å². The average Bonchev–Trinajstić information content (AvgIpc) is 3.14. The minimum absolute atomic E-state index is 0.145. The van der Waals surface area contributed by atoms with E-state index in [9.17, 15) is 9.59 Å². The molecule has 3 fully saturated rings. The van der Waals surface area contributed by atoms with Gasteiger partial charge in [-0.3, -0.25) is 10.2 Å². The molecule has 1 aliphatic carbocycles. The number of hydrogen-bond acceptors (Lipinski definition) is 9. The largest absolute Gasteiger partial charge is 0.494 e. The highest BCUT2D eigenvalue weighted by Crippen LogP contribution is 2.44. The molecule has 3 aliphatic rings. The van der Waals surface area contributed by atoms with Gasteiger partial charge in [-0.25, -0.2) is 14.8 Å². The van der Waals surface area contributed by atoms with Crippen LogP contribution in [0.25, 0.3) is 0 Å². The van der Waals surface area contributed by atoms with Gasteiger partial charge in [0.15, 0.2) is 0 Å². The first kappa shape index (κ1) is 30.9. The molecule has 0 bridgehead atoms. The van der Waals surface area contributed by atoms with Crippen LogP contribution in [0.3, 0.4) is 0 Å². The zero-order valence-electron chi connectivity index (χ0n) is 26.3. The first-order chi connectivity index (χ1) is 20.1. The van der Waals surface area contributed by atoms with Gasteiger partial charge in [0.25, 0.3) is 5.91 Å². The maximum absolute atomic E-state index is 13.1. The summed E-state index contributed by atoms with van der Waals surface area (Å²) >= 11 is 0. The van der Waals surface area contributed by atoms with Crippen LogP contribution in [0.15, 0.2) is 36.7 Å². The molecule has 1 aromatic heterocycles. The molecule has 2 amide bonds. The van der Waals surface area contributed by atoms with E-state index in [4.69, 9.17) is 19.5 Å². The highest BCUT2D eigenvalue weighted by atomic mass is 16.7. The van der Waals surface area contributed by atoms with Gasteiger partial charge in [0, 0.05) is 26.2 Å². The Kier molecular flexibility index (Phi) is 8.06. The molecule has 0 unspecified atom stereocenters. The van der Waals surface area contributed by atoms with Gasteiger partial charge in [-0.2, -0.15) is 0 Å². The highest BCUT2D eigenvalue weighted by molar-refractivity contribution is 6.62. The summed E-state index contributed by atoms with van der Waals surface area (Å²) < 4.78 is 17.8. The number of benzene rings is 1. The average molecular weight is 591 g/mol. The number of nitrogens with one attached hydrogen (secondary N) is 2. The van der Waals surface area contributed by atoms with Crippen molar-refractivity contribution in [2.24, 2.45) is 0 Å². The predicted molar refractivity (Wildman–Crippen MR) is 165 cm³/mol. The number of rotatable bonds is 5. The summed E-state index contributed by atoms with van der Waals surface area (Å²) in [6, 6.07) is 8.00. The molecule has 1 aromatic carbocycles. The SMILES string of the molecule is CC(C)(C)OC(=O)N1CCN(c2cnc(C(=O)NC(=N)C3(c4ccc(B5OC(C)(C)C(C)(C)O5)cc4)CCC3)cn2)CC1. The number of carbonyl (C=O) groups is 2. The van der Waals surface area contributed by atoms with Crippen LogP contribution in [0, 0.1) is 5.41 Å². The molecule has 12 heteroatoms. The van der Waals surface area contributed by atoms with Crippen molar-refractivity contribution in [2.75, 3.05) is 31.1 Å². The van der Waals surface area contributed by atoms with Gasteiger partial charge in [0.2, 0.25) is 0 Å². The Bertz CT molecular complexity index is 1340. The topological polar surface area (TPSA) is 130 Å². The van der Waals surface area contributed by atoms with E-state index < -0.39 is 35.2 Å². The molecule has 2 saturated heterocycles. The van der Waals surface area contributed by atoms with Crippen LogP contribution in [0.5, 0.6) is 0 Å². The second kappa shape index (κ2) is 11.2. The van der Waals surface area contributed by atoms with Gasteiger partial charge in [-0.15, -0.1) is 0 Å². The molecule has 230 valence electrons. The number of ether oxygens (including phenoxy) is 1. The summed E-state index contributed by atoms with van der Waals surface area (Å²) in [5.74, 6) is 0.336. The van der Waals surface area contributed by atoms with Gasteiger partial charge >= 0.3 is 13.2 Å². The molecule has 5 rings (SSSR count). The number of aromatic nitrogens is 2. The van der Waals surface area contributed by atoms with Crippen LogP contribution < -0.4 is 15.7 Å². The van der Waals surface area contributed by atoms with E-state index in [1.165, 1.54) is 6.20 Å². The number of amidine groups is 1. The van der Waals surface area contributed by atoms with Gasteiger partial charge in [0.05, 0.1) is 29.0 Å². The lowest BCUT2D eigenvalue weighted by Crippen LogP contribution is -2.51. The fourth-order valence-electron chi connectivity index (χ4n) is 5.50. The number of hydrogen-bond donors (Lipinski definition) is 2. The Morgan fingerprint density at radius 2 is 1.56 bits per heavy atom. The lowest BCUT2D eigenvalue weighted by atomic mass is 9.63. The Morgan fingerprint density at radius 1 is 0.953 bits per heavy atom. The molecular formula is C31H43BN6O5. The predicted octanol–water partition coefficient (Wildman–Crippen LogP) is 3.66. The number of carbonyl (C=O) groups excluding carboxylic acids is 2. The molecule has 0 atom stereocenters. The summed E-state index contributed by atoms with van der Waals surface area (Å²) in [6.45, 7) is 15.9. The van der Waals surface area contributed by atoms with Crippen molar-refractivity contribution in [3.63, 3.8) is 0 Å². The van der Waals surface area contributed by atoms with Crippen LogP contribution >= 0.6 is 0 Å². The van der Waals surface area contributed by atoms with E-state index >= 15 is 0 Å². The van der Waals surface area contributed by atoms with Crippen molar-refractivity contribution >= 4 is 36.2 Å². The summed E-state index contributed by atoms with van der Waals surface area (Å²) in [6.07, 6.45) is 5.22. The lowest BCUT2D eigenvalue weighted by Gasteiger charge is -2.42. The number of piperazine rings is 1. The smallest absolute Gasteiger partial charge is 0.444 e. The molecule has 0 spiro atoms. The second-order valence-corrected chi connectivity index (χ2v) is 13.7. The van der Waals surface area contributed by atoms with Crippen molar-refractivity contribution < 1.29 is 23.6 Å². The minimum Gasteiger partial charge on any atom is -0.444 e. The first-order valence-electron chi connectivity index (χ1n) is 15.0. The molecule has 3 heterocycles. The monoisotopic (exact) mass is 590 g/mol. The maximum atomic E-state index is 13.1. The molecule has 1 saturated carbocycles. The first-order valence-corrected chi connectivity index (χ1v) is 15.0. The van der Waals surface area contributed by atoms with E-state index in [1.807, 2.05) is 77.6 Å². The van der Waals surface area contributed by atoms with E-state index in [-0.39, 0.29) is 17.6 Å². The van der Waals surface area contributed by atoms with Crippen LogP contribution in [0.4, 0.5) is 10.6 Å². The highest BCUT2D eigenvalue weighted by Gasteiger charge is 2.52. The molecular weight excluding hydrogens is 547 g/mol. The van der Waals surface area contributed by atoms with Crippen LogP contribution in [0.2, 0.25) is 0 Å². The normalized spacial score (nSPS) is 20.8. The number of nitrogens with zero attached hydrogens (tertiary/aromatic N) is 4. The van der Waals surface area contributed by atoms with E-state index in [2.05, 4.69) is 15.3 Å². The number of amides is 2. The zero-order valence-corrected chi connectivity index (χ0v) is 26.3. The standard InChI is InChI=1S/C31H43BN6O5/c1-28(2,3)41-27(40)38-17-15-37(16-18-38)24-20-34-23(19-35-24)25(39)36-26(33)31(13-8-14-31)21-9-11-22(12-10-21)32-42-29(4,5)30(6,7)43-32/h9-12,19-20H,8,13-18H2,1-7H3,(H2,33,36,39). The van der Waals surface area contributed by atoms with Crippen molar-refractivity contribution in [3.05, 3.63) is 47.9 Å². The molecule has 2 aliphatic heterocycles.